The number of aliphatic imine (C=N–C) groups is 2. The highest BCUT2D eigenvalue weighted by atomic mass is 35.5. The largest absolute Gasteiger partial charge is 0.494 e. The second-order valence-electron chi connectivity index (χ2n) is 18.9. The van der Waals surface area contributed by atoms with Gasteiger partial charge in [-0.25, -0.2) is 9.98 Å². The van der Waals surface area contributed by atoms with Crippen molar-refractivity contribution in [2.75, 3.05) is 49.6 Å². The molecule has 406 valence electrons. The first-order chi connectivity index (χ1) is 37.1. The summed E-state index contributed by atoms with van der Waals surface area (Å²) in [6.07, 6.45) is 25.0. The van der Waals surface area contributed by atoms with Crippen LogP contribution in [-0.2, 0) is 11.5 Å². The van der Waals surface area contributed by atoms with Crippen LogP contribution in [0, 0.1) is 0 Å². The molecule has 0 saturated carbocycles. The molecule has 0 radical (unpaired) electrons. The van der Waals surface area contributed by atoms with Crippen molar-refractivity contribution in [2.45, 2.75) is 134 Å². The number of hydrogen-bond acceptors (Lipinski definition) is 8. The number of hydrogen-bond donors (Lipinski definition) is 2. The molecule has 8 nitrogen and oxygen atoms in total. The maximum absolute atomic E-state index is 6.41. The van der Waals surface area contributed by atoms with E-state index in [0.29, 0.717) is 33.3 Å². The van der Waals surface area contributed by atoms with Gasteiger partial charge in [0.1, 0.15) is 11.5 Å². The molecular weight excluding hydrogens is 1060 g/mol. The Morgan fingerprint density at radius 3 is 1.12 bits per heavy atom. The smallest absolute Gasteiger partial charge is 0.200 e. The number of halogens is 2. The van der Waals surface area contributed by atoms with Crippen LogP contribution >= 0.6 is 70.2 Å². The van der Waals surface area contributed by atoms with E-state index in [1.54, 1.807) is 47.0 Å². The molecule has 6 aromatic rings. The van der Waals surface area contributed by atoms with E-state index in [1.165, 1.54) is 101 Å². The molecule has 0 bridgehead atoms. The number of rotatable bonds is 33. The first-order valence-electron chi connectivity index (χ1n) is 26.8. The number of nitrogens with two attached hydrogens (primary N) is 2. The summed E-state index contributed by atoms with van der Waals surface area (Å²) in [5, 5.41) is 1.15. The Morgan fingerprint density at radius 1 is 0.434 bits per heavy atom. The fraction of sp³-hybridized carbons (Fsp3) is 0.387. The van der Waals surface area contributed by atoms with Crippen molar-refractivity contribution in [3.05, 3.63) is 155 Å². The Labute approximate surface area is 482 Å². The van der Waals surface area contributed by atoms with Gasteiger partial charge in [0, 0.05) is 56.6 Å². The molecule has 0 aliphatic carbocycles. The molecule has 6 rings (SSSR count). The zero-order valence-electron chi connectivity index (χ0n) is 45.0. The fourth-order valence-electron chi connectivity index (χ4n) is 8.39. The fourth-order valence-corrected chi connectivity index (χ4v) is 11.4. The van der Waals surface area contributed by atoms with Gasteiger partial charge in [0.2, 0.25) is 11.9 Å². The summed E-state index contributed by atoms with van der Waals surface area (Å²) in [5.41, 5.74) is 18.6. The van der Waals surface area contributed by atoms with Gasteiger partial charge in [-0.15, -0.1) is 47.0 Å². The first kappa shape index (κ1) is 60.7. The minimum Gasteiger partial charge on any atom is -0.494 e. The summed E-state index contributed by atoms with van der Waals surface area (Å²) in [6, 6.07) is 45.4. The zero-order valence-corrected chi connectivity index (χ0v) is 49.8. The third kappa shape index (κ3) is 21.7. The SMILES string of the molecule is CSc1ccc(Cl)c(N=C(N)N(C)c2cccc(SCc3ccc(OCCCCCCCCCCCCCCCCCCOc4ccc(CSc5cccc(N(C)C(N)=Nc6cc(SC)ccc6Cl)c5)cc4)cc3)c2)c1. The quantitative estimate of drug-likeness (QED) is 0.0179. The van der Waals surface area contributed by atoms with Gasteiger partial charge in [-0.1, -0.05) is 149 Å². The molecule has 0 aliphatic rings. The molecule has 0 heterocycles. The Kier molecular flexibility index (Phi) is 27.4. The maximum atomic E-state index is 6.41. The first-order valence-corrected chi connectivity index (χ1v) is 32.0. The van der Waals surface area contributed by atoms with Gasteiger partial charge in [-0.2, -0.15) is 0 Å². The van der Waals surface area contributed by atoms with Crippen LogP contribution in [0.2, 0.25) is 10.0 Å². The molecular formula is C62H78Cl2N6O2S4. The molecule has 0 aromatic heterocycles. The molecule has 0 unspecified atom stereocenters. The highest BCUT2D eigenvalue weighted by molar-refractivity contribution is 7.99. The van der Waals surface area contributed by atoms with Crippen LogP contribution in [0.5, 0.6) is 11.5 Å². The Bertz CT molecular complexity index is 2520. The van der Waals surface area contributed by atoms with E-state index in [2.05, 4.69) is 94.9 Å². The lowest BCUT2D eigenvalue weighted by atomic mass is 10.0. The molecule has 0 spiro atoms. The van der Waals surface area contributed by atoms with Gasteiger partial charge in [0.05, 0.1) is 34.6 Å². The summed E-state index contributed by atoms with van der Waals surface area (Å²) in [4.78, 5) is 17.5. The van der Waals surface area contributed by atoms with E-state index in [4.69, 9.17) is 44.1 Å². The van der Waals surface area contributed by atoms with Crippen molar-refractivity contribution in [3.63, 3.8) is 0 Å². The van der Waals surface area contributed by atoms with E-state index in [0.717, 1.165) is 80.0 Å². The Morgan fingerprint density at radius 2 is 0.776 bits per heavy atom. The molecule has 76 heavy (non-hydrogen) atoms. The molecule has 0 fully saturated rings. The van der Waals surface area contributed by atoms with Crippen LogP contribution in [0.3, 0.4) is 0 Å². The third-order valence-electron chi connectivity index (χ3n) is 13.1. The van der Waals surface area contributed by atoms with Crippen molar-refractivity contribution in [1.29, 1.82) is 0 Å². The number of ether oxygens (including phenoxy) is 2. The normalized spacial score (nSPS) is 11.8. The van der Waals surface area contributed by atoms with E-state index >= 15 is 0 Å². The molecule has 0 amide bonds. The van der Waals surface area contributed by atoms with Crippen molar-refractivity contribution in [3.8, 4) is 11.5 Å². The van der Waals surface area contributed by atoms with Crippen molar-refractivity contribution in [1.82, 2.24) is 0 Å². The second kappa shape index (κ2) is 34.3. The minimum absolute atomic E-state index is 0.384. The van der Waals surface area contributed by atoms with Gasteiger partial charge < -0.3 is 30.7 Å². The Hall–Kier alpha value is -4.56. The van der Waals surface area contributed by atoms with Crippen molar-refractivity contribution in [2.24, 2.45) is 21.5 Å². The topological polar surface area (TPSA) is 102 Å². The molecule has 0 saturated heterocycles. The number of anilines is 2. The van der Waals surface area contributed by atoms with E-state index in [9.17, 15) is 0 Å². The van der Waals surface area contributed by atoms with Crippen molar-refractivity contribution >= 4 is 105 Å². The third-order valence-corrected chi connectivity index (χ3v) is 17.3. The van der Waals surface area contributed by atoms with Crippen LogP contribution in [0.25, 0.3) is 0 Å². The summed E-state index contributed by atoms with van der Waals surface area (Å²) in [5.74, 6) is 4.39. The highest BCUT2D eigenvalue weighted by Gasteiger charge is 2.12. The lowest BCUT2D eigenvalue weighted by molar-refractivity contribution is 0.304. The van der Waals surface area contributed by atoms with Gasteiger partial charge >= 0.3 is 0 Å². The van der Waals surface area contributed by atoms with Gasteiger partial charge in [-0.3, -0.25) is 0 Å². The van der Waals surface area contributed by atoms with Crippen LogP contribution in [0.4, 0.5) is 22.7 Å². The summed E-state index contributed by atoms with van der Waals surface area (Å²) < 4.78 is 12.2. The van der Waals surface area contributed by atoms with E-state index in [1.807, 2.05) is 84.9 Å². The lowest BCUT2D eigenvalue weighted by Gasteiger charge is -2.19. The predicted molar refractivity (Wildman–Crippen MR) is 336 cm³/mol. The summed E-state index contributed by atoms with van der Waals surface area (Å²) in [6.45, 7) is 1.55. The van der Waals surface area contributed by atoms with Crippen LogP contribution in [0.1, 0.15) is 114 Å². The maximum Gasteiger partial charge on any atom is 0.200 e. The average molecular weight is 1140 g/mol. The number of nitrogens with zero attached hydrogens (tertiary/aromatic N) is 4. The van der Waals surface area contributed by atoms with Crippen molar-refractivity contribution < 1.29 is 9.47 Å². The van der Waals surface area contributed by atoms with E-state index in [-0.39, 0.29) is 0 Å². The average Bonchev–Trinajstić information content (AvgIpc) is 3.45. The molecule has 14 heteroatoms. The van der Waals surface area contributed by atoms with Crippen LogP contribution in [-0.4, -0.2) is 51.7 Å². The van der Waals surface area contributed by atoms with Crippen LogP contribution < -0.4 is 30.7 Å². The molecule has 0 aliphatic heterocycles. The second-order valence-corrected chi connectivity index (χ2v) is 23.6. The lowest BCUT2D eigenvalue weighted by Crippen LogP contribution is -2.33. The predicted octanol–water partition coefficient (Wildman–Crippen LogP) is 18.9. The zero-order chi connectivity index (χ0) is 53.7. The van der Waals surface area contributed by atoms with E-state index < -0.39 is 0 Å². The van der Waals surface area contributed by atoms with Gasteiger partial charge in [0.25, 0.3) is 0 Å². The highest BCUT2D eigenvalue weighted by Crippen LogP contribution is 2.33. The Balaban J connectivity index is 0.706. The summed E-state index contributed by atoms with van der Waals surface area (Å²) in [7, 11) is 3.85. The number of benzene rings is 6. The number of unbranched alkanes of at least 4 members (excludes halogenated alkanes) is 15. The number of guanidine groups is 2. The van der Waals surface area contributed by atoms with Gasteiger partial charge in [0.15, 0.2) is 0 Å². The number of thioether (sulfide) groups is 4. The molecule has 6 aromatic carbocycles. The molecule has 4 N–H and O–H groups in total. The summed E-state index contributed by atoms with van der Waals surface area (Å²) >= 11 is 19.7. The van der Waals surface area contributed by atoms with Crippen LogP contribution in [0.15, 0.2) is 163 Å². The van der Waals surface area contributed by atoms with Gasteiger partial charge in [-0.05, 0) is 134 Å². The standard InChI is InChI=1S/C62H78Cl2N6O2S4/c1-69(61(65)67-59-43-53(73-3)35-37-57(59)63)49-23-21-25-55(41-49)75-45-47-27-31-51(32-28-47)71-39-19-17-15-13-11-9-7-5-6-8-10-12-14-16-18-20-40-72-52-33-29-48(30-34-52)46-76-56-26-22-24-50(42-56)70(2)62(66)68-60-44-54(74-4)36-38-58(60)64/h21-38,41-44H,5-20,39-40,45-46H2,1-4H3,(H2,65,67)(H2,66,68). The minimum atomic E-state index is 0.384. The monoisotopic (exact) mass is 1140 g/mol. The molecule has 0 atom stereocenters.